The number of para-hydroxylation sites is 1. The van der Waals surface area contributed by atoms with Crippen molar-refractivity contribution in [3.05, 3.63) is 119 Å². The summed E-state index contributed by atoms with van der Waals surface area (Å²) < 4.78 is 11.1. The third-order valence-corrected chi connectivity index (χ3v) is 6.39. The number of phenols is 1. The molecule has 0 spiro atoms. The van der Waals surface area contributed by atoms with Crippen LogP contribution in [0, 0.1) is 0 Å². The lowest BCUT2D eigenvalue weighted by molar-refractivity contribution is 0.263. The normalized spacial score (nSPS) is 17.6. The number of epoxide rings is 1. The Balaban J connectivity index is 1.60. The summed E-state index contributed by atoms with van der Waals surface area (Å²) >= 11 is 0. The Morgan fingerprint density at radius 1 is 0.742 bits per heavy atom. The molecule has 1 aliphatic carbocycles. The van der Waals surface area contributed by atoms with E-state index >= 15 is 0 Å². The van der Waals surface area contributed by atoms with Gasteiger partial charge in [-0.1, -0.05) is 78.9 Å². The van der Waals surface area contributed by atoms with Crippen LogP contribution in [0.1, 0.15) is 22.3 Å². The molecule has 0 radical (unpaired) electrons. The average Bonchev–Trinajstić information content (AvgIpc) is 3.61. The van der Waals surface area contributed by atoms with E-state index < -0.39 is 5.41 Å². The predicted octanol–water partition coefficient (Wildman–Crippen LogP) is 5.53. The van der Waals surface area contributed by atoms with Crippen LogP contribution >= 0.6 is 0 Å². The van der Waals surface area contributed by atoms with Crippen LogP contribution in [0.5, 0.6) is 11.5 Å². The molecule has 0 bridgehead atoms. The van der Waals surface area contributed by atoms with Crippen molar-refractivity contribution in [2.75, 3.05) is 13.2 Å². The number of benzene rings is 4. The number of ether oxygens (including phenoxy) is 2. The molecule has 0 saturated carbocycles. The molecule has 31 heavy (non-hydrogen) atoms. The molecule has 1 heterocycles. The third kappa shape index (κ3) is 2.77. The molecule has 1 aliphatic heterocycles. The van der Waals surface area contributed by atoms with E-state index in [1.165, 1.54) is 22.3 Å². The van der Waals surface area contributed by atoms with E-state index in [-0.39, 0.29) is 6.10 Å². The van der Waals surface area contributed by atoms with Crippen molar-refractivity contribution in [3.8, 4) is 22.6 Å². The zero-order valence-electron chi connectivity index (χ0n) is 17.0. The fourth-order valence-corrected chi connectivity index (χ4v) is 4.94. The summed E-state index contributed by atoms with van der Waals surface area (Å²) in [5, 5.41) is 11.0. The first kappa shape index (κ1) is 18.2. The lowest BCUT2D eigenvalue weighted by atomic mass is 9.67. The van der Waals surface area contributed by atoms with E-state index in [0.717, 1.165) is 23.5 Å². The highest BCUT2D eigenvalue weighted by Crippen LogP contribution is 2.57. The average molecular weight is 406 g/mol. The molecular formula is C28H22O3. The van der Waals surface area contributed by atoms with Gasteiger partial charge in [-0.25, -0.2) is 0 Å². The monoisotopic (exact) mass is 406 g/mol. The fourth-order valence-electron chi connectivity index (χ4n) is 4.94. The van der Waals surface area contributed by atoms with Gasteiger partial charge in [0.25, 0.3) is 0 Å². The molecule has 1 unspecified atom stereocenters. The van der Waals surface area contributed by atoms with Gasteiger partial charge in [0.05, 0.1) is 12.0 Å². The largest absolute Gasteiger partial charge is 0.508 e. The zero-order valence-corrected chi connectivity index (χ0v) is 17.0. The maximum absolute atomic E-state index is 11.0. The Morgan fingerprint density at radius 3 is 1.87 bits per heavy atom. The summed E-state index contributed by atoms with van der Waals surface area (Å²) in [5.74, 6) is 1.12. The van der Waals surface area contributed by atoms with Crippen LogP contribution in [-0.4, -0.2) is 24.4 Å². The molecule has 6 rings (SSSR count). The second-order valence-electron chi connectivity index (χ2n) is 8.15. The van der Waals surface area contributed by atoms with Crippen LogP contribution in [0.2, 0.25) is 0 Å². The first-order valence-electron chi connectivity index (χ1n) is 10.6. The van der Waals surface area contributed by atoms with Crippen molar-refractivity contribution in [1.29, 1.82) is 0 Å². The SMILES string of the molecule is Oc1ccccc1C1(c2ccc(OCC3CO3)cc2)c2ccccc2-c2ccccc21. The van der Waals surface area contributed by atoms with Gasteiger partial charge in [-0.2, -0.15) is 0 Å². The molecule has 0 amide bonds. The summed E-state index contributed by atoms with van der Waals surface area (Å²) in [7, 11) is 0. The lowest BCUT2D eigenvalue weighted by Crippen LogP contribution is -2.28. The Labute approximate surface area is 181 Å². The topological polar surface area (TPSA) is 42.0 Å². The van der Waals surface area contributed by atoms with E-state index in [1.54, 1.807) is 6.07 Å². The van der Waals surface area contributed by atoms with Crippen molar-refractivity contribution in [3.63, 3.8) is 0 Å². The second-order valence-corrected chi connectivity index (χ2v) is 8.15. The Hall–Kier alpha value is -3.56. The minimum atomic E-state index is -0.601. The first-order chi connectivity index (χ1) is 15.3. The molecule has 3 nitrogen and oxygen atoms in total. The van der Waals surface area contributed by atoms with Gasteiger partial charge in [-0.15, -0.1) is 0 Å². The molecule has 1 saturated heterocycles. The highest BCUT2D eigenvalue weighted by Gasteiger charge is 2.47. The van der Waals surface area contributed by atoms with Crippen molar-refractivity contribution < 1.29 is 14.6 Å². The van der Waals surface area contributed by atoms with Gasteiger partial charge in [0.2, 0.25) is 0 Å². The fraction of sp³-hybridized carbons (Fsp3) is 0.143. The van der Waals surface area contributed by atoms with Gasteiger partial charge in [-0.3, -0.25) is 0 Å². The molecule has 0 aromatic heterocycles. The minimum Gasteiger partial charge on any atom is -0.508 e. The quantitative estimate of drug-likeness (QED) is 0.390. The first-order valence-corrected chi connectivity index (χ1v) is 10.6. The van der Waals surface area contributed by atoms with E-state index in [2.05, 4.69) is 60.7 Å². The molecule has 1 atom stereocenters. The Morgan fingerprint density at radius 2 is 1.29 bits per heavy atom. The summed E-state index contributed by atoms with van der Waals surface area (Å²) in [6.45, 7) is 1.36. The smallest absolute Gasteiger partial charge is 0.120 e. The zero-order chi connectivity index (χ0) is 20.8. The summed E-state index contributed by atoms with van der Waals surface area (Å²) in [5.41, 5.74) is 6.14. The number of hydrogen-bond donors (Lipinski definition) is 1. The van der Waals surface area contributed by atoms with Crippen LogP contribution in [0.4, 0.5) is 0 Å². The molecule has 1 fully saturated rings. The standard InChI is InChI=1S/C28H22O3/c29-27-12-6-5-11-26(27)28(19-13-15-20(16-14-19)30-17-21-18-31-21)24-9-3-1-7-22(24)23-8-2-4-10-25(23)28/h1-16,21,29H,17-18H2. The number of aromatic hydroxyl groups is 1. The molecular weight excluding hydrogens is 384 g/mol. The second kappa shape index (κ2) is 7.00. The van der Waals surface area contributed by atoms with E-state index in [9.17, 15) is 5.11 Å². The van der Waals surface area contributed by atoms with Crippen molar-refractivity contribution >= 4 is 0 Å². The van der Waals surface area contributed by atoms with Crippen molar-refractivity contribution in [2.45, 2.75) is 11.5 Å². The third-order valence-electron chi connectivity index (χ3n) is 6.39. The molecule has 4 aromatic carbocycles. The predicted molar refractivity (Wildman–Crippen MR) is 121 cm³/mol. The van der Waals surface area contributed by atoms with Gasteiger partial charge in [0, 0.05) is 5.56 Å². The maximum atomic E-state index is 11.0. The Kier molecular flexibility index (Phi) is 4.12. The van der Waals surface area contributed by atoms with Crippen LogP contribution in [0.3, 0.4) is 0 Å². The van der Waals surface area contributed by atoms with Crippen LogP contribution < -0.4 is 4.74 Å². The molecule has 3 heteroatoms. The number of phenolic OH excluding ortho intramolecular Hbond substituents is 1. The Bertz CT molecular complexity index is 1210. The van der Waals surface area contributed by atoms with Crippen LogP contribution in [-0.2, 0) is 10.2 Å². The molecule has 152 valence electrons. The van der Waals surface area contributed by atoms with Gasteiger partial charge < -0.3 is 14.6 Å². The van der Waals surface area contributed by atoms with Gasteiger partial charge in [0.1, 0.15) is 24.2 Å². The highest BCUT2D eigenvalue weighted by atomic mass is 16.6. The molecule has 1 N–H and O–H groups in total. The molecule has 2 aliphatic rings. The van der Waals surface area contributed by atoms with Crippen molar-refractivity contribution in [2.24, 2.45) is 0 Å². The highest BCUT2D eigenvalue weighted by molar-refractivity contribution is 5.86. The number of hydrogen-bond acceptors (Lipinski definition) is 3. The summed E-state index contributed by atoms with van der Waals surface area (Å²) in [6, 6.07) is 32.9. The molecule has 4 aromatic rings. The van der Waals surface area contributed by atoms with Crippen LogP contribution in [0.25, 0.3) is 11.1 Å². The van der Waals surface area contributed by atoms with E-state index in [0.29, 0.717) is 12.4 Å². The van der Waals surface area contributed by atoms with Crippen molar-refractivity contribution in [1.82, 2.24) is 0 Å². The summed E-state index contributed by atoms with van der Waals surface area (Å²) in [6.07, 6.45) is 0.223. The minimum absolute atomic E-state index is 0.223. The van der Waals surface area contributed by atoms with Crippen LogP contribution in [0.15, 0.2) is 97.1 Å². The van der Waals surface area contributed by atoms with Gasteiger partial charge in [0.15, 0.2) is 0 Å². The van der Waals surface area contributed by atoms with Gasteiger partial charge >= 0.3 is 0 Å². The summed E-state index contributed by atoms with van der Waals surface area (Å²) in [4.78, 5) is 0. The van der Waals surface area contributed by atoms with Gasteiger partial charge in [-0.05, 0) is 46.0 Å². The number of rotatable bonds is 5. The van der Waals surface area contributed by atoms with E-state index in [1.807, 2.05) is 30.3 Å². The lowest BCUT2D eigenvalue weighted by Gasteiger charge is -2.34. The maximum Gasteiger partial charge on any atom is 0.120 e. The number of fused-ring (bicyclic) bond motifs is 3. The van der Waals surface area contributed by atoms with E-state index in [4.69, 9.17) is 9.47 Å².